The van der Waals surface area contributed by atoms with E-state index in [4.69, 9.17) is 4.74 Å². The molecule has 2 N–H and O–H groups in total. The van der Waals surface area contributed by atoms with Gasteiger partial charge in [0.1, 0.15) is 12.3 Å². The average molecular weight is 329 g/mol. The molecule has 24 heavy (non-hydrogen) atoms. The van der Waals surface area contributed by atoms with Crippen molar-refractivity contribution in [3.8, 4) is 5.75 Å². The lowest BCUT2D eigenvalue weighted by molar-refractivity contribution is -0.922. The van der Waals surface area contributed by atoms with Crippen molar-refractivity contribution in [3.05, 3.63) is 39.7 Å². The number of quaternary nitrogens is 1. The highest BCUT2D eigenvalue weighted by atomic mass is 16.5. The normalized spacial score (nSPS) is 21.1. The van der Waals surface area contributed by atoms with Crippen LogP contribution in [0.4, 0.5) is 0 Å². The Morgan fingerprint density at radius 2 is 2.21 bits per heavy atom. The van der Waals surface area contributed by atoms with Gasteiger partial charge in [0.05, 0.1) is 25.3 Å². The van der Waals surface area contributed by atoms with Crippen molar-refractivity contribution in [2.75, 3.05) is 19.7 Å². The second kappa shape index (κ2) is 7.39. The fourth-order valence-corrected chi connectivity index (χ4v) is 3.76. The van der Waals surface area contributed by atoms with Gasteiger partial charge in [-0.15, -0.1) is 0 Å². The van der Waals surface area contributed by atoms with Crippen LogP contribution in [0.25, 0.3) is 10.9 Å². The van der Waals surface area contributed by atoms with E-state index in [0.717, 1.165) is 53.3 Å². The largest absolute Gasteiger partial charge is 0.494 e. The molecule has 4 heteroatoms. The average Bonchev–Trinajstić information content (AvgIpc) is 2.57. The van der Waals surface area contributed by atoms with E-state index in [1.165, 1.54) is 24.3 Å². The van der Waals surface area contributed by atoms with Crippen molar-refractivity contribution in [1.82, 2.24) is 4.98 Å². The van der Waals surface area contributed by atoms with Crippen LogP contribution >= 0.6 is 0 Å². The summed E-state index contributed by atoms with van der Waals surface area (Å²) in [6.45, 7) is 10.2. The molecule has 2 heterocycles. The summed E-state index contributed by atoms with van der Waals surface area (Å²) in [7, 11) is 0. The molecule has 1 saturated heterocycles. The van der Waals surface area contributed by atoms with E-state index in [9.17, 15) is 4.79 Å². The number of fused-ring (bicyclic) bond motifs is 1. The molecule has 1 fully saturated rings. The predicted molar refractivity (Wildman–Crippen MR) is 97.9 cm³/mol. The van der Waals surface area contributed by atoms with E-state index in [1.54, 1.807) is 0 Å². The number of pyridine rings is 1. The van der Waals surface area contributed by atoms with E-state index in [1.807, 2.05) is 25.1 Å². The topological polar surface area (TPSA) is 46.5 Å². The van der Waals surface area contributed by atoms with Crippen LogP contribution in [0.2, 0.25) is 0 Å². The zero-order valence-electron chi connectivity index (χ0n) is 15.1. The smallest absolute Gasteiger partial charge is 0.198 e. The maximum Gasteiger partial charge on any atom is 0.198 e. The van der Waals surface area contributed by atoms with Gasteiger partial charge >= 0.3 is 0 Å². The van der Waals surface area contributed by atoms with E-state index in [-0.39, 0.29) is 5.43 Å². The van der Waals surface area contributed by atoms with Crippen LogP contribution in [0.1, 0.15) is 44.4 Å². The summed E-state index contributed by atoms with van der Waals surface area (Å²) in [5, 5.41) is 0.744. The number of aryl methyl sites for hydroxylation is 1. The first-order chi connectivity index (χ1) is 11.6. The van der Waals surface area contributed by atoms with Crippen LogP contribution in [0, 0.1) is 12.8 Å². The van der Waals surface area contributed by atoms with Crippen molar-refractivity contribution < 1.29 is 9.64 Å². The molecule has 3 rings (SSSR count). The first-order valence-electron chi connectivity index (χ1n) is 9.20. The minimum absolute atomic E-state index is 0.161. The lowest BCUT2D eigenvalue weighted by Crippen LogP contribution is -3.12. The summed E-state index contributed by atoms with van der Waals surface area (Å²) in [6, 6.07) is 5.78. The Hall–Kier alpha value is -1.81. The number of benzene rings is 1. The van der Waals surface area contributed by atoms with Crippen LogP contribution < -0.4 is 15.1 Å². The molecule has 0 saturated carbocycles. The number of nitrogens with one attached hydrogen (secondary N) is 2. The molecule has 0 spiro atoms. The van der Waals surface area contributed by atoms with Crippen LogP contribution in [0.5, 0.6) is 5.75 Å². The number of aromatic nitrogens is 1. The predicted octanol–water partition coefficient (Wildman–Crippen LogP) is 2.44. The SMILES string of the molecule is CCCOc1ccc2[nH]c(C)c(C[NH+]3CCCC(C)C3)c(=O)c2c1. The molecule has 2 unspecified atom stereocenters. The molecule has 1 aromatic carbocycles. The number of hydrogen-bond acceptors (Lipinski definition) is 2. The maximum absolute atomic E-state index is 13.0. The van der Waals surface area contributed by atoms with E-state index < -0.39 is 0 Å². The molecule has 1 aromatic heterocycles. The van der Waals surface area contributed by atoms with Crippen LogP contribution in [0.3, 0.4) is 0 Å². The van der Waals surface area contributed by atoms with Crippen LogP contribution in [-0.4, -0.2) is 24.7 Å². The van der Waals surface area contributed by atoms with E-state index in [2.05, 4.69) is 18.8 Å². The molecule has 130 valence electrons. The van der Waals surface area contributed by atoms with Gasteiger partial charge in [-0.25, -0.2) is 0 Å². The Bertz CT molecular complexity index is 766. The zero-order chi connectivity index (χ0) is 17.1. The summed E-state index contributed by atoms with van der Waals surface area (Å²) in [6.07, 6.45) is 3.54. The lowest BCUT2D eigenvalue weighted by atomic mass is 9.99. The minimum Gasteiger partial charge on any atom is -0.494 e. The van der Waals surface area contributed by atoms with Gasteiger partial charge < -0.3 is 14.6 Å². The summed E-state index contributed by atoms with van der Waals surface area (Å²) >= 11 is 0. The number of ether oxygens (including phenoxy) is 1. The summed E-state index contributed by atoms with van der Waals surface area (Å²) in [5.74, 6) is 1.53. The van der Waals surface area contributed by atoms with Crippen molar-refractivity contribution in [2.45, 2.75) is 46.6 Å². The monoisotopic (exact) mass is 329 g/mol. The number of piperidine rings is 1. The van der Waals surface area contributed by atoms with Gasteiger partial charge in [0, 0.05) is 22.5 Å². The highest BCUT2D eigenvalue weighted by Crippen LogP contribution is 2.19. The standard InChI is InChI=1S/C20H28N2O2/c1-4-10-24-16-7-8-19-17(11-16)20(23)18(15(3)21-19)13-22-9-5-6-14(2)12-22/h7-8,11,14H,4-6,9-10,12-13H2,1-3H3,(H,21,23)/p+1. The third-order valence-electron chi connectivity index (χ3n) is 5.05. The Labute approximate surface area is 143 Å². The van der Waals surface area contributed by atoms with Gasteiger partial charge in [0.15, 0.2) is 5.43 Å². The Morgan fingerprint density at radius 3 is 2.96 bits per heavy atom. The molecular formula is C20H29N2O2+. The Balaban J connectivity index is 1.93. The Kier molecular flexibility index (Phi) is 5.24. The second-order valence-electron chi connectivity index (χ2n) is 7.24. The molecule has 0 amide bonds. The quantitative estimate of drug-likeness (QED) is 0.885. The fourth-order valence-electron chi connectivity index (χ4n) is 3.76. The highest BCUT2D eigenvalue weighted by molar-refractivity contribution is 5.81. The molecule has 2 atom stereocenters. The number of H-pyrrole nitrogens is 1. The molecule has 0 radical (unpaired) electrons. The zero-order valence-corrected chi connectivity index (χ0v) is 15.1. The number of hydrogen-bond donors (Lipinski definition) is 2. The van der Waals surface area contributed by atoms with Gasteiger partial charge in [-0.1, -0.05) is 13.8 Å². The molecule has 1 aliphatic rings. The first-order valence-corrected chi connectivity index (χ1v) is 9.20. The lowest BCUT2D eigenvalue weighted by Gasteiger charge is -2.28. The van der Waals surface area contributed by atoms with E-state index >= 15 is 0 Å². The van der Waals surface area contributed by atoms with Crippen molar-refractivity contribution >= 4 is 10.9 Å². The van der Waals surface area contributed by atoms with Crippen molar-refractivity contribution in [2.24, 2.45) is 5.92 Å². The number of aromatic amines is 1. The summed E-state index contributed by atoms with van der Waals surface area (Å²) < 4.78 is 5.69. The molecular weight excluding hydrogens is 300 g/mol. The molecule has 1 aliphatic heterocycles. The molecule has 4 nitrogen and oxygen atoms in total. The molecule has 0 bridgehead atoms. The third kappa shape index (κ3) is 3.64. The summed E-state index contributed by atoms with van der Waals surface area (Å²) in [4.78, 5) is 18.0. The van der Waals surface area contributed by atoms with Gasteiger partial charge in [0.25, 0.3) is 0 Å². The molecule has 0 aliphatic carbocycles. The number of likely N-dealkylation sites (tertiary alicyclic amines) is 1. The summed E-state index contributed by atoms with van der Waals surface area (Å²) in [5.41, 5.74) is 2.99. The van der Waals surface area contributed by atoms with Crippen molar-refractivity contribution in [1.29, 1.82) is 0 Å². The fraction of sp³-hybridized carbons (Fsp3) is 0.550. The third-order valence-corrected chi connectivity index (χ3v) is 5.05. The van der Waals surface area contributed by atoms with Crippen LogP contribution in [-0.2, 0) is 6.54 Å². The second-order valence-corrected chi connectivity index (χ2v) is 7.24. The Morgan fingerprint density at radius 1 is 1.38 bits per heavy atom. The van der Waals surface area contributed by atoms with Gasteiger partial charge in [-0.2, -0.15) is 0 Å². The van der Waals surface area contributed by atoms with Gasteiger partial charge in [-0.3, -0.25) is 4.79 Å². The highest BCUT2D eigenvalue weighted by Gasteiger charge is 2.22. The van der Waals surface area contributed by atoms with Crippen molar-refractivity contribution in [3.63, 3.8) is 0 Å². The van der Waals surface area contributed by atoms with Crippen LogP contribution in [0.15, 0.2) is 23.0 Å². The minimum atomic E-state index is 0.161. The first kappa shape index (κ1) is 17.0. The molecule has 2 aromatic rings. The maximum atomic E-state index is 13.0. The van der Waals surface area contributed by atoms with E-state index in [0.29, 0.717) is 6.61 Å². The van der Waals surface area contributed by atoms with Gasteiger partial charge in [-0.05, 0) is 44.4 Å². The number of rotatable bonds is 5. The van der Waals surface area contributed by atoms with Gasteiger partial charge in [0.2, 0.25) is 0 Å².